The van der Waals surface area contributed by atoms with Gasteiger partial charge in [-0.2, -0.15) is 0 Å². The van der Waals surface area contributed by atoms with Crippen LogP contribution in [0.1, 0.15) is 16.8 Å². The van der Waals surface area contributed by atoms with Crippen molar-refractivity contribution >= 4 is 29.3 Å². The molecule has 7 nitrogen and oxygen atoms in total. The van der Waals surface area contributed by atoms with Crippen LogP contribution in [0.15, 0.2) is 23.1 Å². The molecule has 0 aliphatic heterocycles. The van der Waals surface area contributed by atoms with Gasteiger partial charge in [-0.25, -0.2) is 0 Å². The molecule has 0 saturated carbocycles. The Kier molecular flexibility index (Phi) is 5.51. The van der Waals surface area contributed by atoms with Crippen LogP contribution in [0.3, 0.4) is 0 Å². The summed E-state index contributed by atoms with van der Waals surface area (Å²) in [6.07, 6.45) is 1.54. The van der Waals surface area contributed by atoms with Crippen LogP contribution < -0.4 is 0 Å². The molecule has 1 N–H and O–H groups in total. The molecule has 0 aromatic heterocycles. The first-order valence-corrected chi connectivity index (χ1v) is 6.89. The van der Waals surface area contributed by atoms with Crippen molar-refractivity contribution in [3.63, 3.8) is 0 Å². The van der Waals surface area contributed by atoms with Crippen LogP contribution in [0, 0.1) is 10.1 Å². The van der Waals surface area contributed by atoms with Gasteiger partial charge in [-0.15, -0.1) is 11.8 Å². The Bertz CT molecular complexity index is 547. The quantitative estimate of drug-likeness (QED) is 0.489. The maximum atomic E-state index is 12.0. The Hall–Kier alpha value is -2.09. The third kappa shape index (κ3) is 3.95. The SMILES string of the molecule is CSc1ccc(C(=O)N(C)CCC(=O)O)cc1[N+](=O)[O-]. The number of carboxylic acids is 1. The molecule has 0 radical (unpaired) electrons. The summed E-state index contributed by atoms with van der Waals surface area (Å²) in [7, 11) is 1.46. The fourth-order valence-corrected chi connectivity index (χ4v) is 2.10. The van der Waals surface area contributed by atoms with Crippen LogP contribution >= 0.6 is 11.8 Å². The molecule has 20 heavy (non-hydrogen) atoms. The van der Waals surface area contributed by atoms with Gasteiger partial charge >= 0.3 is 5.97 Å². The Morgan fingerprint density at radius 1 is 1.45 bits per heavy atom. The number of amides is 1. The fourth-order valence-electron chi connectivity index (χ4n) is 1.55. The molecule has 8 heteroatoms. The van der Waals surface area contributed by atoms with Gasteiger partial charge < -0.3 is 10.0 Å². The van der Waals surface area contributed by atoms with Gasteiger partial charge in [-0.1, -0.05) is 0 Å². The fraction of sp³-hybridized carbons (Fsp3) is 0.333. The molecule has 0 aliphatic rings. The molecule has 0 unspecified atom stereocenters. The summed E-state index contributed by atoms with van der Waals surface area (Å²) < 4.78 is 0. The molecule has 0 spiro atoms. The van der Waals surface area contributed by atoms with Crippen LogP contribution in [0.2, 0.25) is 0 Å². The van der Waals surface area contributed by atoms with Crippen LogP contribution in [0.5, 0.6) is 0 Å². The van der Waals surface area contributed by atoms with Gasteiger partial charge in [-0.05, 0) is 18.4 Å². The molecule has 0 heterocycles. The van der Waals surface area contributed by atoms with Crippen molar-refractivity contribution in [1.82, 2.24) is 4.90 Å². The van der Waals surface area contributed by atoms with E-state index in [-0.39, 0.29) is 24.2 Å². The largest absolute Gasteiger partial charge is 0.481 e. The summed E-state index contributed by atoms with van der Waals surface area (Å²) in [6.45, 7) is 0.0479. The highest BCUT2D eigenvalue weighted by Crippen LogP contribution is 2.28. The summed E-state index contributed by atoms with van der Waals surface area (Å²) in [5.41, 5.74) is 0.0392. The lowest BCUT2D eigenvalue weighted by Gasteiger charge is -2.16. The van der Waals surface area contributed by atoms with Gasteiger partial charge in [0.05, 0.1) is 16.2 Å². The number of aliphatic carboxylic acids is 1. The maximum absolute atomic E-state index is 12.0. The number of carboxylic acid groups (broad SMARTS) is 1. The van der Waals surface area contributed by atoms with Gasteiger partial charge in [0.1, 0.15) is 0 Å². The van der Waals surface area contributed by atoms with E-state index in [1.165, 1.54) is 41.9 Å². The van der Waals surface area contributed by atoms with E-state index in [9.17, 15) is 19.7 Å². The minimum absolute atomic E-state index is 0.0479. The smallest absolute Gasteiger partial charge is 0.305 e. The van der Waals surface area contributed by atoms with Gasteiger partial charge in [0.15, 0.2) is 0 Å². The molecule has 1 aromatic carbocycles. The summed E-state index contributed by atoms with van der Waals surface area (Å²) in [6, 6.07) is 4.23. The number of hydrogen-bond donors (Lipinski definition) is 1. The third-order valence-electron chi connectivity index (χ3n) is 2.63. The molecule has 1 amide bonds. The number of benzene rings is 1. The van der Waals surface area contributed by atoms with Crippen LogP contribution in [0.4, 0.5) is 5.69 Å². The normalized spacial score (nSPS) is 10.1. The predicted octanol–water partition coefficient (Wildman–Crippen LogP) is 1.86. The van der Waals surface area contributed by atoms with Crippen molar-refractivity contribution in [2.24, 2.45) is 0 Å². The third-order valence-corrected chi connectivity index (χ3v) is 3.42. The van der Waals surface area contributed by atoms with Crippen LogP contribution in [0.25, 0.3) is 0 Å². The standard InChI is InChI=1S/C12H14N2O5S/c1-13(6-5-11(15)16)12(17)8-3-4-10(20-2)9(7-8)14(18)19/h3-4,7H,5-6H2,1-2H3,(H,15,16). The molecule has 0 aliphatic carbocycles. The predicted molar refractivity (Wildman–Crippen MR) is 74.1 cm³/mol. The first-order chi connectivity index (χ1) is 9.36. The highest BCUT2D eigenvalue weighted by molar-refractivity contribution is 7.98. The number of thioether (sulfide) groups is 1. The highest BCUT2D eigenvalue weighted by atomic mass is 32.2. The molecule has 1 rings (SSSR count). The van der Waals surface area contributed by atoms with Crippen molar-refractivity contribution in [2.45, 2.75) is 11.3 Å². The van der Waals surface area contributed by atoms with Crippen LogP contribution in [-0.4, -0.2) is 46.7 Å². The highest BCUT2D eigenvalue weighted by Gasteiger charge is 2.19. The molecule has 0 fully saturated rings. The Morgan fingerprint density at radius 2 is 2.10 bits per heavy atom. The van der Waals surface area contributed by atoms with E-state index in [4.69, 9.17) is 5.11 Å². The molecular weight excluding hydrogens is 284 g/mol. The van der Waals surface area contributed by atoms with E-state index in [1.807, 2.05) is 0 Å². The van der Waals surface area contributed by atoms with E-state index in [1.54, 1.807) is 6.26 Å². The Balaban J connectivity index is 2.96. The van der Waals surface area contributed by atoms with E-state index in [0.29, 0.717) is 4.90 Å². The van der Waals surface area contributed by atoms with Crippen molar-refractivity contribution in [2.75, 3.05) is 19.8 Å². The molecule has 0 saturated heterocycles. The first-order valence-electron chi connectivity index (χ1n) is 5.66. The van der Waals surface area contributed by atoms with Crippen molar-refractivity contribution in [3.05, 3.63) is 33.9 Å². The summed E-state index contributed by atoms with van der Waals surface area (Å²) in [5, 5.41) is 19.5. The van der Waals surface area contributed by atoms with E-state index in [2.05, 4.69) is 0 Å². The zero-order chi connectivity index (χ0) is 15.3. The number of nitro groups is 1. The molecule has 0 bridgehead atoms. The zero-order valence-corrected chi connectivity index (χ0v) is 11.8. The minimum Gasteiger partial charge on any atom is -0.481 e. The van der Waals surface area contributed by atoms with Gasteiger partial charge in [0, 0.05) is 25.2 Å². The van der Waals surface area contributed by atoms with Crippen LogP contribution in [-0.2, 0) is 4.79 Å². The van der Waals surface area contributed by atoms with Gasteiger partial charge in [0.2, 0.25) is 0 Å². The number of hydrogen-bond acceptors (Lipinski definition) is 5. The molecular formula is C12H14N2O5S. The van der Waals surface area contributed by atoms with Crippen molar-refractivity contribution < 1.29 is 19.6 Å². The molecule has 1 aromatic rings. The van der Waals surface area contributed by atoms with E-state index < -0.39 is 16.8 Å². The summed E-state index contributed by atoms with van der Waals surface area (Å²) in [5.74, 6) is -1.45. The first kappa shape index (κ1) is 16.0. The summed E-state index contributed by atoms with van der Waals surface area (Å²) >= 11 is 1.22. The zero-order valence-electron chi connectivity index (χ0n) is 11.0. The second-order valence-corrected chi connectivity index (χ2v) is 4.86. The van der Waals surface area contributed by atoms with E-state index >= 15 is 0 Å². The lowest BCUT2D eigenvalue weighted by atomic mass is 10.1. The molecule has 0 atom stereocenters. The second-order valence-electron chi connectivity index (χ2n) is 4.01. The number of nitrogens with zero attached hydrogens (tertiary/aromatic N) is 2. The average molecular weight is 298 g/mol. The number of carbonyl (C=O) groups is 2. The van der Waals surface area contributed by atoms with Gasteiger partial charge in [-0.3, -0.25) is 19.7 Å². The Labute approximate surface area is 119 Å². The second kappa shape index (κ2) is 6.90. The van der Waals surface area contributed by atoms with E-state index in [0.717, 1.165) is 0 Å². The maximum Gasteiger partial charge on any atom is 0.305 e. The lowest BCUT2D eigenvalue weighted by molar-refractivity contribution is -0.387. The number of nitro benzene ring substituents is 1. The number of rotatable bonds is 6. The molecule has 108 valence electrons. The summed E-state index contributed by atoms with van der Waals surface area (Å²) in [4.78, 5) is 34.6. The minimum atomic E-state index is -1.01. The Morgan fingerprint density at radius 3 is 2.60 bits per heavy atom. The van der Waals surface area contributed by atoms with Crippen molar-refractivity contribution in [1.29, 1.82) is 0 Å². The number of carbonyl (C=O) groups excluding carboxylic acids is 1. The lowest BCUT2D eigenvalue weighted by Crippen LogP contribution is -2.29. The average Bonchev–Trinajstić information content (AvgIpc) is 2.42. The van der Waals surface area contributed by atoms with Crippen molar-refractivity contribution in [3.8, 4) is 0 Å². The monoisotopic (exact) mass is 298 g/mol. The topological polar surface area (TPSA) is 101 Å². The van der Waals surface area contributed by atoms with Gasteiger partial charge in [0.25, 0.3) is 11.6 Å².